The summed E-state index contributed by atoms with van der Waals surface area (Å²) >= 11 is 0. The molecular weight excluding hydrogens is 314 g/mol. The van der Waals surface area contributed by atoms with Crippen LogP contribution in [0.2, 0.25) is 0 Å². The van der Waals surface area contributed by atoms with Gasteiger partial charge >= 0.3 is 0 Å². The van der Waals surface area contributed by atoms with Crippen LogP contribution in [0.25, 0.3) is 16.9 Å². The maximum absolute atomic E-state index is 12.2. The molecule has 0 atom stereocenters. The monoisotopic (exact) mass is 337 g/mol. The average molecular weight is 337 g/mol. The summed E-state index contributed by atoms with van der Waals surface area (Å²) in [6.45, 7) is 6.41. The number of aromatic nitrogens is 3. The van der Waals surface area contributed by atoms with E-state index in [0.29, 0.717) is 30.3 Å². The van der Waals surface area contributed by atoms with Gasteiger partial charge in [-0.2, -0.15) is 0 Å². The van der Waals surface area contributed by atoms with Crippen molar-refractivity contribution in [2.45, 2.75) is 33.7 Å². The predicted molar refractivity (Wildman–Crippen MR) is 99.1 cm³/mol. The third kappa shape index (κ3) is 3.69. The van der Waals surface area contributed by atoms with Crippen LogP contribution in [0.1, 0.15) is 31.5 Å². The van der Waals surface area contributed by atoms with Gasteiger partial charge in [-0.05, 0) is 24.5 Å². The van der Waals surface area contributed by atoms with Gasteiger partial charge in [0.2, 0.25) is 5.91 Å². The molecule has 0 radical (unpaired) electrons. The van der Waals surface area contributed by atoms with Gasteiger partial charge in [-0.15, -0.1) is 0 Å². The van der Waals surface area contributed by atoms with Crippen LogP contribution in [0.4, 0.5) is 5.82 Å². The molecule has 2 heterocycles. The van der Waals surface area contributed by atoms with Crippen LogP contribution in [0, 0.1) is 12.8 Å². The zero-order valence-corrected chi connectivity index (χ0v) is 14.8. The molecule has 0 aliphatic rings. The quantitative estimate of drug-likeness (QED) is 0.749. The number of carbonyl (C=O) groups is 1. The molecule has 0 aliphatic heterocycles. The highest BCUT2D eigenvalue weighted by atomic mass is 16.1. The first-order valence-corrected chi connectivity index (χ1v) is 8.42. The second kappa shape index (κ2) is 7.03. The summed E-state index contributed by atoms with van der Waals surface area (Å²) < 4.78 is 1.88. The molecule has 2 aromatic heterocycles. The zero-order valence-electron chi connectivity index (χ0n) is 14.8. The van der Waals surface area contributed by atoms with Gasteiger partial charge in [-0.3, -0.25) is 14.2 Å². The maximum atomic E-state index is 12.2. The molecule has 0 saturated carbocycles. The third-order valence-corrected chi connectivity index (χ3v) is 3.99. The van der Waals surface area contributed by atoms with E-state index in [1.165, 1.54) is 0 Å². The van der Waals surface area contributed by atoms with Gasteiger partial charge in [0.1, 0.15) is 5.82 Å². The summed E-state index contributed by atoms with van der Waals surface area (Å²) in [6, 6.07) is 7.97. The fraction of sp³-hybridized carbons (Fsp3) is 0.316. The van der Waals surface area contributed by atoms with Crippen LogP contribution >= 0.6 is 0 Å². The molecule has 1 aromatic carbocycles. The number of hydrogen-bond donors (Lipinski definition) is 2. The van der Waals surface area contributed by atoms with E-state index in [0.717, 1.165) is 22.5 Å². The van der Waals surface area contributed by atoms with Crippen molar-refractivity contribution in [1.82, 2.24) is 14.4 Å². The van der Waals surface area contributed by atoms with Gasteiger partial charge in [-0.25, -0.2) is 4.98 Å². The van der Waals surface area contributed by atoms with E-state index in [1.54, 1.807) is 6.20 Å². The number of carbonyl (C=O) groups excluding carboxylic acids is 1. The number of benzene rings is 1. The standard InChI is InChI=1S/C19H23N5O/c1-12(2)7-18(25)23-19-13(3)22-17-10-21-16(11-24(17)19)15-6-4-5-14(8-15)9-20/h4-6,8,10-12H,7,9,20H2,1-3H3,(H,23,25). The van der Waals surface area contributed by atoms with Gasteiger partial charge in [0.05, 0.1) is 17.6 Å². The lowest BCUT2D eigenvalue weighted by Crippen LogP contribution is -2.15. The maximum Gasteiger partial charge on any atom is 0.225 e. The molecule has 6 nitrogen and oxygen atoms in total. The average Bonchev–Trinajstić information content (AvgIpc) is 2.89. The number of rotatable bonds is 5. The smallest absolute Gasteiger partial charge is 0.225 e. The first-order valence-electron chi connectivity index (χ1n) is 8.42. The van der Waals surface area contributed by atoms with Crippen molar-refractivity contribution in [3.8, 4) is 11.3 Å². The molecule has 6 heteroatoms. The molecular formula is C19H23N5O. The second-order valence-corrected chi connectivity index (χ2v) is 6.60. The molecule has 0 unspecified atom stereocenters. The highest BCUT2D eigenvalue weighted by Gasteiger charge is 2.14. The molecule has 3 rings (SSSR count). The normalized spacial score (nSPS) is 11.2. The number of amides is 1. The van der Waals surface area contributed by atoms with Crippen molar-refractivity contribution in [2.24, 2.45) is 11.7 Å². The minimum atomic E-state index is -0.0107. The van der Waals surface area contributed by atoms with E-state index in [2.05, 4.69) is 15.3 Å². The van der Waals surface area contributed by atoms with Gasteiger partial charge in [0.25, 0.3) is 0 Å². The predicted octanol–water partition coefficient (Wildman–Crippen LogP) is 3.15. The SMILES string of the molecule is Cc1nc2cnc(-c3cccc(CN)c3)cn2c1NC(=O)CC(C)C. The lowest BCUT2D eigenvalue weighted by molar-refractivity contribution is -0.116. The zero-order chi connectivity index (χ0) is 18.0. The van der Waals surface area contributed by atoms with Crippen LogP contribution < -0.4 is 11.1 Å². The third-order valence-electron chi connectivity index (χ3n) is 3.99. The Labute approximate surface area is 147 Å². The van der Waals surface area contributed by atoms with Crippen molar-refractivity contribution in [3.05, 3.63) is 47.9 Å². The number of fused-ring (bicyclic) bond motifs is 1. The Kier molecular flexibility index (Phi) is 4.81. The fourth-order valence-electron chi connectivity index (χ4n) is 2.78. The molecule has 3 aromatic rings. The van der Waals surface area contributed by atoms with Crippen LogP contribution in [0.15, 0.2) is 36.7 Å². The van der Waals surface area contributed by atoms with Gasteiger partial charge in [-0.1, -0.05) is 32.0 Å². The van der Waals surface area contributed by atoms with E-state index in [4.69, 9.17) is 5.73 Å². The van der Waals surface area contributed by atoms with E-state index >= 15 is 0 Å². The topological polar surface area (TPSA) is 85.3 Å². The van der Waals surface area contributed by atoms with Gasteiger partial charge in [0, 0.05) is 24.7 Å². The van der Waals surface area contributed by atoms with Crippen molar-refractivity contribution >= 4 is 17.4 Å². The number of nitrogens with one attached hydrogen (secondary N) is 1. The Hall–Kier alpha value is -2.73. The van der Waals surface area contributed by atoms with E-state index in [9.17, 15) is 4.79 Å². The van der Waals surface area contributed by atoms with Crippen molar-refractivity contribution < 1.29 is 4.79 Å². The lowest BCUT2D eigenvalue weighted by atomic mass is 10.1. The Morgan fingerprint density at radius 2 is 2.16 bits per heavy atom. The summed E-state index contributed by atoms with van der Waals surface area (Å²) in [7, 11) is 0. The minimum Gasteiger partial charge on any atom is -0.326 e. The molecule has 0 bridgehead atoms. The van der Waals surface area contributed by atoms with E-state index in [-0.39, 0.29) is 5.91 Å². The van der Waals surface area contributed by atoms with E-state index < -0.39 is 0 Å². The largest absolute Gasteiger partial charge is 0.326 e. The minimum absolute atomic E-state index is 0.0107. The fourth-order valence-corrected chi connectivity index (χ4v) is 2.78. The molecule has 1 amide bonds. The molecule has 25 heavy (non-hydrogen) atoms. The highest BCUT2D eigenvalue weighted by molar-refractivity contribution is 5.91. The van der Waals surface area contributed by atoms with Gasteiger partial charge < -0.3 is 11.1 Å². The highest BCUT2D eigenvalue weighted by Crippen LogP contribution is 2.23. The summed E-state index contributed by atoms with van der Waals surface area (Å²) in [5, 5.41) is 2.98. The first kappa shape index (κ1) is 17.1. The number of imidazole rings is 1. The van der Waals surface area contributed by atoms with E-state index in [1.807, 2.05) is 55.6 Å². The summed E-state index contributed by atoms with van der Waals surface area (Å²) in [6.07, 6.45) is 4.09. The Bertz CT molecular complexity index is 913. The number of nitrogens with two attached hydrogens (primary N) is 1. The molecule has 0 aliphatic carbocycles. The lowest BCUT2D eigenvalue weighted by Gasteiger charge is -2.09. The molecule has 0 saturated heterocycles. The molecule has 3 N–H and O–H groups in total. The Morgan fingerprint density at radius 3 is 2.88 bits per heavy atom. The second-order valence-electron chi connectivity index (χ2n) is 6.60. The number of hydrogen-bond acceptors (Lipinski definition) is 4. The molecule has 0 spiro atoms. The summed E-state index contributed by atoms with van der Waals surface area (Å²) in [5.74, 6) is 0.985. The van der Waals surface area contributed by atoms with Crippen LogP contribution in [-0.2, 0) is 11.3 Å². The molecule has 0 fully saturated rings. The first-order chi connectivity index (χ1) is 12.0. The Morgan fingerprint density at radius 1 is 1.36 bits per heavy atom. The Balaban J connectivity index is 2.01. The number of anilines is 1. The summed E-state index contributed by atoms with van der Waals surface area (Å²) in [4.78, 5) is 21.2. The van der Waals surface area contributed by atoms with Crippen LogP contribution in [0.3, 0.4) is 0 Å². The van der Waals surface area contributed by atoms with Crippen LogP contribution in [-0.4, -0.2) is 20.3 Å². The van der Waals surface area contributed by atoms with Crippen molar-refractivity contribution in [1.29, 1.82) is 0 Å². The van der Waals surface area contributed by atoms with Crippen molar-refractivity contribution in [2.75, 3.05) is 5.32 Å². The van der Waals surface area contributed by atoms with Crippen molar-refractivity contribution in [3.63, 3.8) is 0 Å². The van der Waals surface area contributed by atoms with Crippen LogP contribution in [0.5, 0.6) is 0 Å². The number of nitrogens with zero attached hydrogens (tertiary/aromatic N) is 3. The molecule has 130 valence electrons. The summed E-state index contributed by atoms with van der Waals surface area (Å²) in [5.41, 5.74) is 10.0. The van der Waals surface area contributed by atoms with Gasteiger partial charge in [0.15, 0.2) is 5.65 Å². The number of aryl methyl sites for hydroxylation is 1.